The van der Waals surface area contributed by atoms with Crippen molar-refractivity contribution in [2.24, 2.45) is 5.73 Å². The van der Waals surface area contributed by atoms with Gasteiger partial charge < -0.3 is 10.8 Å². The SMILES string of the molecule is Cc1cccc(C)c1[C@H](N)[C@H](O)C(F)(F)F. The van der Waals surface area contributed by atoms with Crippen LogP contribution >= 0.6 is 0 Å². The second kappa shape index (κ2) is 4.43. The van der Waals surface area contributed by atoms with Crippen molar-refractivity contribution in [3.05, 3.63) is 34.9 Å². The smallest absolute Gasteiger partial charge is 0.382 e. The molecule has 0 unspecified atom stereocenters. The number of rotatable bonds is 2. The average molecular weight is 233 g/mol. The van der Waals surface area contributed by atoms with Crippen LogP contribution in [0.5, 0.6) is 0 Å². The van der Waals surface area contributed by atoms with E-state index in [1.165, 1.54) is 0 Å². The van der Waals surface area contributed by atoms with Gasteiger partial charge in [-0.15, -0.1) is 0 Å². The molecule has 0 aliphatic carbocycles. The summed E-state index contributed by atoms with van der Waals surface area (Å²) in [6, 6.07) is 3.64. The van der Waals surface area contributed by atoms with Gasteiger partial charge in [0.05, 0.1) is 6.04 Å². The van der Waals surface area contributed by atoms with Gasteiger partial charge in [-0.05, 0) is 30.5 Å². The minimum absolute atomic E-state index is 0.354. The van der Waals surface area contributed by atoms with Crippen molar-refractivity contribution in [3.8, 4) is 0 Å². The lowest BCUT2D eigenvalue weighted by Crippen LogP contribution is -2.39. The molecule has 90 valence electrons. The van der Waals surface area contributed by atoms with Gasteiger partial charge in [-0.3, -0.25) is 0 Å². The molecule has 2 atom stereocenters. The third-order valence-corrected chi connectivity index (χ3v) is 2.55. The fraction of sp³-hybridized carbons (Fsp3) is 0.455. The number of benzene rings is 1. The first kappa shape index (κ1) is 13.0. The Morgan fingerprint density at radius 3 is 2.00 bits per heavy atom. The molecule has 2 nitrogen and oxygen atoms in total. The average Bonchev–Trinajstić information content (AvgIpc) is 2.14. The fourth-order valence-electron chi connectivity index (χ4n) is 1.71. The van der Waals surface area contributed by atoms with Crippen LogP contribution in [0.15, 0.2) is 18.2 Å². The first-order valence-corrected chi connectivity index (χ1v) is 4.81. The van der Waals surface area contributed by atoms with Gasteiger partial charge in [-0.2, -0.15) is 13.2 Å². The molecule has 0 saturated heterocycles. The van der Waals surface area contributed by atoms with Crippen molar-refractivity contribution < 1.29 is 18.3 Å². The lowest BCUT2D eigenvalue weighted by Gasteiger charge is -2.24. The number of hydrogen-bond acceptors (Lipinski definition) is 2. The van der Waals surface area contributed by atoms with Crippen LogP contribution < -0.4 is 5.73 Å². The second-order valence-corrected chi connectivity index (χ2v) is 3.82. The molecule has 1 aromatic carbocycles. The molecule has 0 bridgehead atoms. The quantitative estimate of drug-likeness (QED) is 0.822. The second-order valence-electron chi connectivity index (χ2n) is 3.82. The number of hydrogen-bond donors (Lipinski definition) is 2. The van der Waals surface area contributed by atoms with Crippen molar-refractivity contribution >= 4 is 0 Å². The Morgan fingerprint density at radius 2 is 1.62 bits per heavy atom. The Kier molecular flexibility index (Phi) is 3.60. The highest BCUT2D eigenvalue weighted by molar-refractivity contribution is 5.36. The van der Waals surface area contributed by atoms with Crippen LogP contribution in [0.3, 0.4) is 0 Å². The van der Waals surface area contributed by atoms with E-state index in [4.69, 9.17) is 10.8 Å². The number of nitrogens with two attached hydrogens (primary N) is 1. The molecule has 3 N–H and O–H groups in total. The van der Waals surface area contributed by atoms with Gasteiger partial charge in [-0.1, -0.05) is 18.2 Å². The van der Waals surface area contributed by atoms with Gasteiger partial charge >= 0.3 is 6.18 Å². The Hall–Kier alpha value is -1.07. The van der Waals surface area contributed by atoms with Crippen LogP contribution in [0.25, 0.3) is 0 Å². The van der Waals surface area contributed by atoms with Crippen LogP contribution in [-0.4, -0.2) is 17.4 Å². The Labute approximate surface area is 91.9 Å². The summed E-state index contributed by atoms with van der Waals surface area (Å²) in [5.74, 6) is 0. The van der Waals surface area contributed by atoms with E-state index in [0.29, 0.717) is 16.7 Å². The summed E-state index contributed by atoms with van der Waals surface area (Å²) >= 11 is 0. The van der Waals surface area contributed by atoms with E-state index < -0.39 is 18.3 Å². The highest BCUT2D eigenvalue weighted by Crippen LogP contribution is 2.31. The monoisotopic (exact) mass is 233 g/mol. The molecule has 0 aliphatic rings. The molecule has 0 amide bonds. The minimum atomic E-state index is -4.70. The Balaban J connectivity index is 3.10. The van der Waals surface area contributed by atoms with Crippen molar-refractivity contribution in [2.75, 3.05) is 0 Å². The molecule has 0 spiro atoms. The summed E-state index contributed by atoms with van der Waals surface area (Å²) in [6.45, 7) is 3.34. The van der Waals surface area contributed by atoms with Gasteiger partial charge in [0, 0.05) is 0 Å². The van der Waals surface area contributed by atoms with Crippen LogP contribution in [-0.2, 0) is 0 Å². The zero-order chi connectivity index (χ0) is 12.5. The maximum Gasteiger partial charge on any atom is 0.416 e. The molecule has 0 radical (unpaired) electrons. The number of aliphatic hydroxyl groups is 1. The van der Waals surface area contributed by atoms with Gasteiger partial charge in [-0.25, -0.2) is 0 Å². The predicted molar refractivity (Wildman–Crippen MR) is 54.9 cm³/mol. The van der Waals surface area contributed by atoms with Crippen LogP contribution in [0.4, 0.5) is 13.2 Å². The van der Waals surface area contributed by atoms with Gasteiger partial charge in [0.1, 0.15) is 0 Å². The highest BCUT2D eigenvalue weighted by Gasteiger charge is 2.43. The summed E-state index contributed by atoms with van der Waals surface area (Å²) in [6.07, 6.45) is -7.24. The maximum absolute atomic E-state index is 12.3. The van der Waals surface area contributed by atoms with Gasteiger partial charge in [0.15, 0.2) is 6.10 Å². The molecule has 0 aliphatic heterocycles. The summed E-state index contributed by atoms with van der Waals surface area (Å²) in [5, 5.41) is 9.11. The molecule has 16 heavy (non-hydrogen) atoms. The fourth-order valence-corrected chi connectivity index (χ4v) is 1.71. The predicted octanol–water partition coefficient (Wildman–Crippen LogP) is 2.23. The normalized spacial score (nSPS) is 15.9. The first-order valence-electron chi connectivity index (χ1n) is 4.81. The topological polar surface area (TPSA) is 46.2 Å². The zero-order valence-corrected chi connectivity index (χ0v) is 9.05. The highest BCUT2D eigenvalue weighted by atomic mass is 19.4. The largest absolute Gasteiger partial charge is 0.416 e. The van der Waals surface area contributed by atoms with E-state index in [1.54, 1.807) is 32.0 Å². The minimum Gasteiger partial charge on any atom is -0.382 e. The zero-order valence-electron chi connectivity index (χ0n) is 9.05. The van der Waals surface area contributed by atoms with Crippen molar-refractivity contribution in [2.45, 2.75) is 32.2 Å². The third kappa shape index (κ3) is 2.54. The maximum atomic E-state index is 12.3. The molecule has 1 aromatic rings. The standard InChI is InChI=1S/C11H14F3NO/c1-6-4-3-5-7(2)8(6)9(15)10(16)11(12,13)14/h3-5,9-10,16H,15H2,1-2H3/t9-,10-/m0/s1. The number of halogens is 3. The molecular weight excluding hydrogens is 219 g/mol. The Morgan fingerprint density at radius 1 is 1.19 bits per heavy atom. The van der Waals surface area contributed by atoms with E-state index in [-0.39, 0.29) is 0 Å². The van der Waals surface area contributed by atoms with Gasteiger partial charge in [0.25, 0.3) is 0 Å². The van der Waals surface area contributed by atoms with E-state index in [1.807, 2.05) is 0 Å². The van der Waals surface area contributed by atoms with Crippen molar-refractivity contribution in [3.63, 3.8) is 0 Å². The van der Waals surface area contributed by atoms with Crippen molar-refractivity contribution in [1.29, 1.82) is 0 Å². The van der Waals surface area contributed by atoms with E-state index in [2.05, 4.69) is 0 Å². The molecule has 0 fully saturated rings. The van der Waals surface area contributed by atoms with Crippen molar-refractivity contribution in [1.82, 2.24) is 0 Å². The van der Waals surface area contributed by atoms with E-state index in [0.717, 1.165) is 0 Å². The molecule has 1 rings (SSSR count). The van der Waals surface area contributed by atoms with Crippen LogP contribution in [0, 0.1) is 13.8 Å². The number of alkyl halides is 3. The van der Waals surface area contributed by atoms with Gasteiger partial charge in [0.2, 0.25) is 0 Å². The van der Waals surface area contributed by atoms with Crippen LogP contribution in [0.2, 0.25) is 0 Å². The molecule has 5 heteroatoms. The lowest BCUT2D eigenvalue weighted by atomic mass is 9.93. The summed E-state index contributed by atoms with van der Waals surface area (Å²) in [7, 11) is 0. The third-order valence-electron chi connectivity index (χ3n) is 2.55. The van der Waals surface area contributed by atoms with E-state index in [9.17, 15) is 13.2 Å². The first-order chi connectivity index (χ1) is 7.25. The molecule has 0 aromatic heterocycles. The summed E-state index contributed by atoms with van der Waals surface area (Å²) in [4.78, 5) is 0. The Bertz CT molecular complexity index is 356. The number of aryl methyl sites for hydroxylation is 2. The molecular formula is C11H14F3NO. The van der Waals surface area contributed by atoms with Crippen LogP contribution in [0.1, 0.15) is 22.7 Å². The molecule has 0 saturated carbocycles. The molecule has 0 heterocycles. The number of aliphatic hydroxyl groups excluding tert-OH is 1. The van der Waals surface area contributed by atoms with E-state index >= 15 is 0 Å². The summed E-state index contributed by atoms with van der Waals surface area (Å²) < 4.78 is 37.0. The summed E-state index contributed by atoms with van der Waals surface area (Å²) in [5.41, 5.74) is 7.11. The lowest BCUT2D eigenvalue weighted by molar-refractivity contribution is -0.210.